The molecule has 0 aliphatic heterocycles. The normalized spacial score (nSPS) is 11.7. The predicted octanol–water partition coefficient (Wildman–Crippen LogP) is 3.06. The van der Waals surface area contributed by atoms with Crippen molar-refractivity contribution in [2.75, 3.05) is 11.9 Å². The number of carboxylic acids is 1. The van der Waals surface area contributed by atoms with Gasteiger partial charge < -0.3 is 15.4 Å². The van der Waals surface area contributed by atoms with Crippen LogP contribution >= 0.6 is 0 Å². The molecule has 26 heavy (non-hydrogen) atoms. The van der Waals surface area contributed by atoms with E-state index in [-0.39, 0.29) is 41.2 Å². The van der Waals surface area contributed by atoms with Crippen molar-refractivity contribution in [3.05, 3.63) is 36.0 Å². The third kappa shape index (κ3) is 3.55. The maximum Gasteiger partial charge on any atom is 0.417 e. The van der Waals surface area contributed by atoms with Crippen molar-refractivity contribution >= 4 is 22.8 Å². The van der Waals surface area contributed by atoms with Crippen molar-refractivity contribution in [3.63, 3.8) is 0 Å². The molecule has 0 fully saturated rings. The Bertz CT molecular complexity index is 970. The molecule has 0 saturated heterocycles. The number of alkyl halides is 3. The number of aromatic amines is 1. The van der Waals surface area contributed by atoms with Gasteiger partial charge in [-0.2, -0.15) is 13.2 Å². The summed E-state index contributed by atoms with van der Waals surface area (Å²) in [6.07, 6.45) is -1.90. The molecule has 3 N–H and O–H groups in total. The van der Waals surface area contributed by atoms with Gasteiger partial charge in [-0.15, -0.1) is 0 Å². The molecule has 0 saturated carbocycles. The lowest BCUT2D eigenvalue weighted by Gasteiger charge is -2.08. The van der Waals surface area contributed by atoms with Gasteiger partial charge in [0, 0.05) is 29.9 Å². The Hall–Kier alpha value is -3.24. The van der Waals surface area contributed by atoms with Gasteiger partial charge in [-0.1, -0.05) is 0 Å². The van der Waals surface area contributed by atoms with Gasteiger partial charge in [-0.05, 0) is 6.07 Å². The first kappa shape index (κ1) is 17.6. The predicted molar refractivity (Wildman–Crippen MR) is 82.8 cm³/mol. The zero-order chi connectivity index (χ0) is 18.9. The Labute approximate surface area is 143 Å². The van der Waals surface area contributed by atoms with Crippen molar-refractivity contribution in [2.45, 2.75) is 12.6 Å². The molecule has 3 heterocycles. The summed E-state index contributed by atoms with van der Waals surface area (Å²) in [5.41, 5.74) is -0.533. The van der Waals surface area contributed by atoms with Gasteiger partial charge in [0.2, 0.25) is 0 Å². The highest BCUT2D eigenvalue weighted by atomic mass is 19.4. The lowest BCUT2D eigenvalue weighted by Crippen LogP contribution is -2.10. The number of rotatable bonds is 5. The van der Waals surface area contributed by atoms with E-state index in [1.165, 1.54) is 6.20 Å². The van der Waals surface area contributed by atoms with Gasteiger partial charge in [0.05, 0.1) is 18.2 Å². The fourth-order valence-electron chi connectivity index (χ4n) is 2.25. The maximum atomic E-state index is 13.8. The summed E-state index contributed by atoms with van der Waals surface area (Å²) < 4.78 is 52.4. The summed E-state index contributed by atoms with van der Waals surface area (Å²) in [4.78, 5) is 24.7. The number of anilines is 1. The molecule has 7 nitrogen and oxygen atoms in total. The molecule has 3 aromatic rings. The van der Waals surface area contributed by atoms with Crippen LogP contribution in [0.25, 0.3) is 22.4 Å². The number of nitrogens with one attached hydrogen (secondary N) is 2. The van der Waals surface area contributed by atoms with Crippen molar-refractivity contribution < 1.29 is 27.5 Å². The van der Waals surface area contributed by atoms with E-state index in [9.17, 15) is 22.4 Å². The average Bonchev–Trinajstić information content (AvgIpc) is 2.98. The standard InChI is InChI=1S/C15H11F4N5O2/c16-10-6-23-13(24-14(10)20-2-1-11(25)26)9-5-22-12-8(9)3-7(4-21-12)15(17,18)19/h3-6H,1-2H2,(H,21,22)(H,25,26)(H,20,23,24). The number of hydrogen-bond acceptors (Lipinski definition) is 5. The molecule has 0 amide bonds. The number of fused-ring (bicyclic) bond motifs is 1. The number of H-pyrrole nitrogens is 1. The van der Waals surface area contributed by atoms with Gasteiger partial charge in [-0.3, -0.25) is 4.79 Å². The molecule has 0 radical (unpaired) electrons. The minimum atomic E-state index is -4.57. The number of aliphatic carboxylic acids is 1. The lowest BCUT2D eigenvalue weighted by atomic mass is 10.1. The van der Waals surface area contributed by atoms with Crippen LogP contribution in [0.5, 0.6) is 0 Å². The summed E-state index contributed by atoms with van der Waals surface area (Å²) in [6.45, 7) is -0.0730. The molecule has 0 spiro atoms. The topological polar surface area (TPSA) is 104 Å². The molecule has 0 unspecified atom stereocenters. The van der Waals surface area contributed by atoms with E-state index in [1.807, 2.05) is 0 Å². The molecule has 0 aromatic carbocycles. The second-order valence-electron chi connectivity index (χ2n) is 5.28. The van der Waals surface area contributed by atoms with E-state index in [2.05, 4.69) is 25.3 Å². The first-order chi connectivity index (χ1) is 12.3. The summed E-state index contributed by atoms with van der Waals surface area (Å²) in [7, 11) is 0. The quantitative estimate of drug-likeness (QED) is 0.597. The van der Waals surface area contributed by atoms with Crippen LogP contribution in [0.3, 0.4) is 0 Å². The van der Waals surface area contributed by atoms with Crippen LogP contribution in [-0.4, -0.2) is 37.6 Å². The largest absolute Gasteiger partial charge is 0.481 e. The Morgan fingerprint density at radius 1 is 1.27 bits per heavy atom. The third-order valence-corrected chi connectivity index (χ3v) is 3.47. The van der Waals surface area contributed by atoms with Gasteiger partial charge in [0.25, 0.3) is 0 Å². The fraction of sp³-hybridized carbons (Fsp3) is 0.200. The van der Waals surface area contributed by atoms with Crippen LogP contribution in [0.2, 0.25) is 0 Å². The van der Waals surface area contributed by atoms with Gasteiger partial charge in [0.1, 0.15) is 5.65 Å². The summed E-state index contributed by atoms with van der Waals surface area (Å²) in [5, 5.41) is 11.3. The van der Waals surface area contributed by atoms with Crippen LogP contribution in [0, 0.1) is 5.82 Å². The smallest absolute Gasteiger partial charge is 0.417 e. The SMILES string of the molecule is O=C(O)CCNc1nc(-c2c[nH]c3ncc(C(F)(F)F)cc23)ncc1F. The van der Waals surface area contributed by atoms with E-state index in [0.29, 0.717) is 6.20 Å². The van der Waals surface area contributed by atoms with E-state index in [1.54, 1.807) is 0 Å². The highest BCUT2D eigenvalue weighted by Gasteiger charge is 2.31. The van der Waals surface area contributed by atoms with Crippen molar-refractivity contribution in [3.8, 4) is 11.4 Å². The number of carboxylic acid groups (broad SMARTS) is 1. The number of nitrogens with zero attached hydrogens (tertiary/aromatic N) is 3. The zero-order valence-corrected chi connectivity index (χ0v) is 12.9. The van der Waals surface area contributed by atoms with Gasteiger partial charge in [-0.25, -0.2) is 19.3 Å². The highest BCUT2D eigenvalue weighted by molar-refractivity contribution is 5.92. The Morgan fingerprint density at radius 3 is 2.73 bits per heavy atom. The molecule has 3 aromatic heterocycles. The summed E-state index contributed by atoms with van der Waals surface area (Å²) in [5.74, 6) is -2.16. The second-order valence-corrected chi connectivity index (χ2v) is 5.28. The van der Waals surface area contributed by atoms with Gasteiger partial charge in [0.15, 0.2) is 17.5 Å². The number of pyridine rings is 1. The molecule has 3 rings (SSSR count). The Kier molecular flexibility index (Phi) is 4.45. The van der Waals surface area contributed by atoms with Crippen molar-refractivity contribution in [1.29, 1.82) is 0 Å². The minimum absolute atomic E-state index is 0.0309. The summed E-state index contributed by atoms with van der Waals surface area (Å²) in [6, 6.07) is 0.901. The molecular weight excluding hydrogens is 358 g/mol. The minimum Gasteiger partial charge on any atom is -0.481 e. The molecule has 0 atom stereocenters. The first-order valence-corrected chi connectivity index (χ1v) is 7.28. The number of carbonyl (C=O) groups is 1. The van der Waals surface area contributed by atoms with Crippen LogP contribution in [-0.2, 0) is 11.0 Å². The van der Waals surface area contributed by atoms with E-state index < -0.39 is 23.5 Å². The van der Waals surface area contributed by atoms with Crippen LogP contribution < -0.4 is 5.32 Å². The fourth-order valence-corrected chi connectivity index (χ4v) is 2.25. The van der Waals surface area contributed by atoms with E-state index in [4.69, 9.17) is 5.11 Å². The number of aromatic nitrogens is 4. The molecular formula is C15H11F4N5O2. The molecule has 136 valence electrons. The number of hydrogen-bond donors (Lipinski definition) is 3. The van der Waals surface area contributed by atoms with Crippen molar-refractivity contribution in [1.82, 2.24) is 19.9 Å². The molecule has 0 aliphatic carbocycles. The van der Waals surface area contributed by atoms with Crippen molar-refractivity contribution in [2.24, 2.45) is 0 Å². The second kappa shape index (κ2) is 6.58. The Morgan fingerprint density at radius 2 is 2.04 bits per heavy atom. The average molecular weight is 369 g/mol. The monoisotopic (exact) mass is 369 g/mol. The third-order valence-electron chi connectivity index (χ3n) is 3.47. The van der Waals surface area contributed by atoms with E-state index in [0.717, 1.165) is 12.3 Å². The maximum absolute atomic E-state index is 13.8. The highest BCUT2D eigenvalue weighted by Crippen LogP contribution is 2.33. The molecule has 0 bridgehead atoms. The molecule has 0 aliphatic rings. The summed E-state index contributed by atoms with van der Waals surface area (Å²) >= 11 is 0. The zero-order valence-electron chi connectivity index (χ0n) is 12.9. The Balaban J connectivity index is 1.99. The van der Waals surface area contributed by atoms with Crippen LogP contribution in [0.15, 0.2) is 24.7 Å². The van der Waals surface area contributed by atoms with Gasteiger partial charge >= 0.3 is 12.1 Å². The molecule has 11 heteroatoms. The first-order valence-electron chi connectivity index (χ1n) is 7.28. The van der Waals surface area contributed by atoms with Crippen LogP contribution in [0.1, 0.15) is 12.0 Å². The van der Waals surface area contributed by atoms with Crippen LogP contribution in [0.4, 0.5) is 23.4 Å². The van der Waals surface area contributed by atoms with E-state index >= 15 is 0 Å². The number of halogens is 4. The lowest BCUT2D eigenvalue weighted by molar-refractivity contribution is -0.138.